The van der Waals surface area contributed by atoms with Gasteiger partial charge in [-0.2, -0.15) is 0 Å². The standard InChI is InChI=1S/C13H23NO2.CH4/c1-6-10(15)8-11-13(3,4)9(2)7-12(14-5)16-11;/h9-12,15H,6-8H2,1-4H3;1H4/t9-,10?,11-,12+;/m1./s1. The Hall–Kier alpha value is -0.590. The number of ether oxygens (including phenoxy) is 1. The lowest BCUT2D eigenvalue weighted by Crippen LogP contribution is -2.46. The lowest BCUT2D eigenvalue weighted by atomic mass is 9.70. The topological polar surface area (TPSA) is 33.8 Å². The van der Waals surface area contributed by atoms with Gasteiger partial charge in [0.15, 0.2) is 0 Å². The second-order valence-electron chi connectivity index (χ2n) is 5.46. The molecule has 0 aromatic heterocycles. The van der Waals surface area contributed by atoms with E-state index in [4.69, 9.17) is 11.3 Å². The van der Waals surface area contributed by atoms with Crippen LogP contribution in [0.3, 0.4) is 0 Å². The highest BCUT2D eigenvalue weighted by atomic mass is 16.5. The van der Waals surface area contributed by atoms with E-state index in [0.29, 0.717) is 12.3 Å². The first kappa shape index (κ1) is 16.4. The number of aliphatic hydroxyl groups excluding tert-OH is 1. The summed E-state index contributed by atoms with van der Waals surface area (Å²) in [4.78, 5) is 3.49. The highest BCUT2D eigenvalue weighted by Crippen LogP contribution is 2.42. The molecule has 0 radical (unpaired) electrons. The van der Waals surface area contributed by atoms with Crippen molar-refractivity contribution in [3.05, 3.63) is 11.4 Å². The van der Waals surface area contributed by atoms with Gasteiger partial charge in [-0.1, -0.05) is 35.1 Å². The van der Waals surface area contributed by atoms with E-state index in [-0.39, 0.29) is 31.3 Å². The van der Waals surface area contributed by atoms with Crippen molar-refractivity contribution in [1.82, 2.24) is 0 Å². The first-order valence-electron chi connectivity index (χ1n) is 6.11. The van der Waals surface area contributed by atoms with Gasteiger partial charge >= 0.3 is 6.23 Å². The molecule has 1 aliphatic heterocycles. The molecule has 3 nitrogen and oxygen atoms in total. The lowest BCUT2D eigenvalue weighted by molar-refractivity contribution is -0.141. The van der Waals surface area contributed by atoms with Crippen LogP contribution >= 0.6 is 0 Å². The van der Waals surface area contributed by atoms with E-state index in [0.717, 1.165) is 12.8 Å². The SMILES string of the molecule is C.[C-]#[N+][C@@H]1C[C@@H](C)C(C)(C)[C@@H](CC(O)CC)O1. The third-order valence-corrected chi connectivity index (χ3v) is 4.08. The van der Waals surface area contributed by atoms with Crippen molar-refractivity contribution in [1.29, 1.82) is 0 Å². The third kappa shape index (κ3) is 3.69. The molecule has 4 atom stereocenters. The third-order valence-electron chi connectivity index (χ3n) is 4.08. The van der Waals surface area contributed by atoms with Crippen LogP contribution in [0, 0.1) is 17.9 Å². The first-order chi connectivity index (χ1) is 7.41. The summed E-state index contributed by atoms with van der Waals surface area (Å²) in [5.74, 6) is 0.453. The second-order valence-corrected chi connectivity index (χ2v) is 5.46. The van der Waals surface area contributed by atoms with E-state index in [1.165, 1.54) is 0 Å². The Kier molecular flexibility index (Phi) is 6.15. The minimum absolute atomic E-state index is 0. The highest BCUT2D eigenvalue weighted by Gasteiger charge is 2.45. The van der Waals surface area contributed by atoms with E-state index < -0.39 is 0 Å². The Labute approximate surface area is 106 Å². The molecule has 0 bridgehead atoms. The van der Waals surface area contributed by atoms with Crippen molar-refractivity contribution in [2.24, 2.45) is 11.3 Å². The zero-order chi connectivity index (χ0) is 12.3. The molecule has 1 aliphatic rings. The van der Waals surface area contributed by atoms with Crippen LogP contribution in [0.15, 0.2) is 0 Å². The summed E-state index contributed by atoms with van der Waals surface area (Å²) in [6.45, 7) is 15.6. The van der Waals surface area contributed by atoms with Gasteiger partial charge in [-0.25, -0.2) is 6.57 Å². The van der Waals surface area contributed by atoms with E-state index in [2.05, 4.69) is 25.6 Å². The Morgan fingerprint density at radius 1 is 1.53 bits per heavy atom. The van der Waals surface area contributed by atoms with Gasteiger partial charge in [-0.05, 0) is 17.8 Å². The van der Waals surface area contributed by atoms with Crippen LogP contribution in [-0.2, 0) is 4.74 Å². The number of hydrogen-bond donors (Lipinski definition) is 1. The van der Waals surface area contributed by atoms with E-state index in [1.807, 2.05) is 6.92 Å². The Balaban J connectivity index is 0.00000256. The fourth-order valence-electron chi connectivity index (χ4n) is 2.20. The maximum absolute atomic E-state index is 9.73. The molecule has 0 aromatic rings. The average molecular weight is 241 g/mol. The van der Waals surface area contributed by atoms with E-state index in [9.17, 15) is 5.11 Å². The summed E-state index contributed by atoms with van der Waals surface area (Å²) in [5, 5.41) is 9.73. The van der Waals surface area contributed by atoms with Gasteiger partial charge < -0.3 is 9.84 Å². The summed E-state index contributed by atoms with van der Waals surface area (Å²) >= 11 is 0. The molecule has 0 spiro atoms. The molecule has 3 heteroatoms. The normalized spacial score (nSPS) is 33.3. The van der Waals surface area contributed by atoms with Gasteiger partial charge in [0.1, 0.15) is 0 Å². The van der Waals surface area contributed by atoms with Crippen LogP contribution in [0.2, 0.25) is 0 Å². The molecule has 0 aromatic carbocycles. The van der Waals surface area contributed by atoms with Gasteiger partial charge in [0.2, 0.25) is 0 Å². The Morgan fingerprint density at radius 2 is 2.12 bits per heavy atom. The van der Waals surface area contributed by atoms with Gasteiger partial charge in [-0.3, -0.25) is 4.85 Å². The van der Waals surface area contributed by atoms with Gasteiger partial charge in [0.25, 0.3) is 0 Å². The van der Waals surface area contributed by atoms with Crippen molar-refractivity contribution in [2.75, 3.05) is 0 Å². The monoisotopic (exact) mass is 241 g/mol. The molecule has 100 valence electrons. The zero-order valence-electron chi connectivity index (χ0n) is 10.7. The van der Waals surface area contributed by atoms with E-state index >= 15 is 0 Å². The van der Waals surface area contributed by atoms with Crippen LogP contribution in [0.25, 0.3) is 4.85 Å². The molecule has 1 rings (SSSR count). The van der Waals surface area contributed by atoms with Crippen LogP contribution in [0.1, 0.15) is 54.4 Å². The van der Waals surface area contributed by atoms with Gasteiger partial charge in [0.05, 0.1) is 18.6 Å². The van der Waals surface area contributed by atoms with Crippen molar-refractivity contribution in [2.45, 2.75) is 72.8 Å². The van der Waals surface area contributed by atoms with Gasteiger partial charge in [-0.15, -0.1) is 0 Å². The molecule has 1 N–H and O–H groups in total. The summed E-state index contributed by atoms with van der Waals surface area (Å²) in [6.07, 6.45) is 1.53. The van der Waals surface area contributed by atoms with Crippen LogP contribution in [0.4, 0.5) is 0 Å². The minimum Gasteiger partial charge on any atom is -0.393 e. The molecular weight excluding hydrogens is 214 g/mol. The van der Waals surface area contributed by atoms with Crippen molar-refractivity contribution in [3.63, 3.8) is 0 Å². The summed E-state index contributed by atoms with van der Waals surface area (Å²) in [7, 11) is 0. The molecule has 1 fully saturated rings. The molecule has 0 saturated carbocycles. The minimum atomic E-state index is -0.322. The second kappa shape index (κ2) is 6.37. The molecular formula is C14H27NO2. The van der Waals surface area contributed by atoms with Crippen LogP contribution < -0.4 is 0 Å². The summed E-state index contributed by atoms with van der Waals surface area (Å²) in [6, 6.07) is 0. The lowest BCUT2D eigenvalue weighted by Gasteiger charge is -2.44. The largest absolute Gasteiger partial charge is 0.393 e. The van der Waals surface area contributed by atoms with Crippen molar-refractivity contribution >= 4 is 0 Å². The number of aliphatic hydroxyl groups is 1. The molecule has 1 saturated heterocycles. The van der Waals surface area contributed by atoms with E-state index in [1.54, 1.807) is 0 Å². The number of nitrogens with zero attached hydrogens (tertiary/aromatic N) is 1. The summed E-state index contributed by atoms with van der Waals surface area (Å²) < 4.78 is 5.78. The quantitative estimate of drug-likeness (QED) is 0.767. The summed E-state index contributed by atoms with van der Waals surface area (Å²) in [5.41, 5.74) is 0.0390. The zero-order valence-corrected chi connectivity index (χ0v) is 10.7. The predicted molar refractivity (Wildman–Crippen MR) is 70.5 cm³/mol. The smallest absolute Gasteiger partial charge is 0.328 e. The number of hydrogen-bond acceptors (Lipinski definition) is 2. The fraction of sp³-hybridized carbons (Fsp3) is 0.929. The van der Waals surface area contributed by atoms with Crippen molar-refractivity contribution < 1.29 is 9.84 Å². The predicted octanol–water partition coefficient (Wildman–Crippen LogP) is 3.48. The van der Waals surface area contributed by atoms with Gasteiger partial charge in [0, 0.05) is 6.42 Å². The fourth-order valence-corrected chi connectivity index (χ4v) is 2.20. The maximum atomic E-state index is 9.73. The van der Waals surface area contributed by atoms with Crippen LogP contribution in [0.5, 0.6) is 0 Å². The first-order valence-corrected chi connectivity index (χ1v) is 6.11. The molecule has 0 amide bonds. The Bertz CT molecular complexity index is 270. The maximum Gasteiger partial charge on any atom is 0.328 e. The average Bonchev–Trinajstić information content (AvgIpc) is 2.24. The number of rotatable bonds is 3. The highest BCUT2D eigenvalue weighted by molar-refractivity contribution is 4.93. The molecule has 0 aliphatic carbocycles. The molecule has 17 heavy (non-hydrogen) atoms. The Morgan fingerprint density at radius 3 is 2.59 bits per heavy atom. The van der Waals surface area contributed by atoms with Crippen LogP contribution in [-0.4, -0.2) is 23.5 Å². The van der Waals surface area contributed by atoms with Crippen molar-refractivity contribution in [3.8, 4) is 0 Å². The molecule has 1 unspecified atom stereocenters. The molecule has 1 heterocycles.